The van der Waals surface area contributed by atoms with Crippen LogP contribution < -0.4 is 0 Å². The molecule has 3 aromatic rings. The molecule has 0 fully saturated rings. The summed E-state index contributed by atoms with van der Waals surface area (Å²) >= 11 is 5.67. The predicted octanol–water partition coefficient (Wildman–Crippen LogP) is 2.59. The van der Waals surface area contributed by atoms with Gasteiger partial charge in [-0.05, 0) is 12.1 Å². The molecule has 10 nitrogen and oxygen atoms in total. The molecule has 1 heterocycles. The standard InChI is InChI=1S/C13H6ClN5O5/c14-12-10(18(21)22)5-7(6-11(12)19(23)24)13(20)17-9-4-2-1-3-8(9)15-16-17/h1-6H. The third-order valence-corrected chi connectivity index (χ3v) is 3.61. The molecular formula is C13H6ClN5O5. The minimum absolute atomic E-state index is 0.298. The lowest BCUT2D eigenvalue weighted by Gasteiger charge is -2.03. The number of carbonyl (C=O) groups excluding carboxylic acids is 1. The molecule has 24 heavy (non-hydrogen) atoms. The Balaban J connectivity index is 2.20. The minimum atomic E-state index is -0.897. The van der Waals surface area contributed by atoms with Crippen LogP contribution in [-0.2, 0) is 0 Å². The number of rotatable bonds is 3. The smallest absolute Gasteiger partial charge is 0.267 e. The number of benzene rings is 2. The molecule has 120 valence electrons. The van der Waals surface area contributed by atoms with Gasteiger partial charge in [0.2, 0.25) is 0 Å². The van der Waals surface area contributed by atoms with Gasteiger partial charge in [-0.1, -0.05) is 28.9 Å². The van der Waals surface area contributed by atoms with Gasteiger partial charge in [0.15, 0.2) is 5.02 Å². The molecule has 2 aromatic carbocycles. The van der Waals surface area contributed by atoms with Gasteiger partial charge in [0, 0.05) is 12.1 Å². The third kappa shape index (κ3) is 2.44. The van der Waals surface area contributed by atoms with Gasteiger partial charge >= 0.3 is 0 Å². The van der Waals surface area contributed by atoms with E-state index in [-0.39, 0.29) is 5.56 Å². The molecule has 0 amide bonds. The lowest BCUT2D eigenvalue weighted by molar-refractivity contribution is -0.393. The van der Waals surface area contributed by atoms with E-state index in [1.807, 2.05) is 0 Å². The van der Waals surface area contributed by atoms with E-state index in [1.165, 1.54) is 0 Å². The molecular weight excluding hydrogens is 342 g/mol. The van der Waals surface area contributed by atoms with Crippen molar-refractivity contribution < 1.29 is 14.6 Å². The van der Waals surface area contributed by atoms with Gasteiger partial charge in [-0.3, -0.25) is 25.0 Å². The Kier molecular flexibility index (Phi) is 3.66. The molecule has 11 heteroatoms. The van der Waals surface area contributed by atoms with Crippen LogP contribution in [-0.4, -0.2) is 30.7 Å². The fourth-order valence-corrected chi connectivity index (χ4v) is 2.37. The topological polar surface area (TPSA) is 134 Å². The highest BCUT2D eigenvalue weighted by Crippen LogP contribution is 2.35. The number of aromatic nitrogens is 3. The molecule has 0 N–H and O–H groups in total. The summed E-state index contributed by atoms with van der Waals surface area (Å²) in [5, 5.41) is 28.9. The zero-order valence-corrected chi connectivity index (χ0v) is 12.4. The van der Waals surface area contributed by atoms with Crippen molar-refractivity contribution in [2.24, 2.45) is 0 Å². The highest BCUT2D eigenvalue weighted by Gasteiger charge is 2.28. The van der Waals surface area contributed by atoms with Crippen molar-refractivity contribution in [1.82, 2.24) is 15.0 Å². The monoisotopic (exact) mass is 347 g/mol. The first-order chi connectivity index (χ1) is 11.4. The molecule has 0 unspecified atom stereocenters. The van der Waals surface area contributed by atoms with Gasteiger partial charge in [0.05, 0.1) is 20.9 Å². The Labute approximate surface area is 137 Å². The maximum atomic E-state index is 12.6. The Morgan fingerprint density at radius 3 is 2.25 bits per heavy atom. The zero-order chi connectivity index (χ0) is 17.4. The largest absolute Gasteiger partial charge is 0.295 e. The Morgan fingerprint density at radius 1 is 1.08 bits per heavy atom. The summed E-state index contributed by atoms with van der Waals surface area (Å²) in [7, 11) is 0. The van der Waals surface area contributed by atoms with E-state index in [0.717, 1.165) is 16.8 Å². The highest BCUT2D eigenvalue weighted by molar-refractivity contribution is 6.35. The quantitative estimate of drug-likeness (QED) is 0.524. The number of fused-ring (bicyclic) bond motifs is 1. The molecule has 0 atom stereocenters. The van der Waals surface area contributed by atoms with Crippen LogP contribution in [0.3, 0.4) is 0 Å². The summed E-state index contributed by atoms with van der Waals surface area (Å²) < 4.78 is 0.909. The van der Waals surface area contributed by atoms with Crippen molar-refractivity contribution in [1.29, 1.82) is 0 Å². The van der Waals surface area contributed by atoms with Gasteiger partial charge in [-0.15, -0.1) is 5.10 Å². The van der Waals surface area contributed by atoms with E-state index < -0.39 is 32.2 Å². The summed E-state index contributed by atoms with van der Waals surface area (Å²) in [6.07, 6.45) is 0. The molecule has 0 radical (unpaired) electrons. The number of nitro groups is 2. The fourth-order valence-electron chi connectivity index (χ4n) is 2.12. The average Bonchev–Trinajstić information content (AvgIpc) is 2.97. The van der Waals surface area contributed by atoms with Gasteiger partial charge < -0.3 is 0 Å². The summed E-state index contributed by atoms with van der Waals surface area (Å²) in [6, 6.07) is 8.29. The minimum Gasteiger partial charge on any atom is -0.267 e. The van der Waals surface area contributed by atoms with Crippen LogP contribution in [0, 0.1) is 20.2 Å². The van der Waals surface area contributed by atoms with Crippen molar-refractivity contribution >= 4 is 39.9 Å². The summed E-state index contributed by atoms with van der Waals surface area (Å²) in [5.41, 5.74) is -0.975. The van der Waals surface area contributed by atoms with Gasteiger partial charge in [-0.2, -0.15) is 4.68 Å². The van der Waals surface area contributed by atoms with Crippen LogP contribution in [0.5, 0.6) is 0 Å². The Morgan fingerprint density at radius 2 is 1.67 bits per heavy atom. The van der Waals surface area contributed by atoms with Crippen LogP contribution >= 0.6 is 11.6 Å². The second-order valence-electron chi connectivity index (χ2n) is 4.64. The van der Waals surface area contributed by atoms with E-state index in [4.69, 9.17) is 11.6 Å². The number of para-hydroxylation sites is 1. The molecule has 3 rings (SSSR count). The van der Waals surface area contributed by atoms with E-state index in [1.54, 1.807) is 24.3 Å². The first-order valence-electron chi connectivity index (χ1n) is 6.37. The number of hydrogen-bond donors (Lipinski definition) is 0. The third-order valence-electron chi connectivity index (χ3n) is 3.22. The second-order valence-corrected chi connectivity index (χ2v) is 5.02. The van der Waals surface area contributed by atoms with Crippen molar-refractivity contribution in [2.45, 2.75) is 0 Å². The normalized spacial score (nSPS) is 10.7. The molecule has 0 saturated heterocycles. The molecule has 0 bridgehead atoms. The Bertz CT molecular complexity index is 980. The molecule has 0 aliphatic heterocycles. The maximum absolute atomic E-state index is 12.6. The number of carbonyl (C=O) groups is 1. The predicted molar refractivity (Wildman–Crippen MR) is 82.0 cm³/mol. The first kappa shape index (κ1) is 15.5. The fraction of sp³-hybridized carbons (Fsp3) is 0. The molecule has 0 aliphatic carbocycles. The number of nitrogens with zero attached hydrogens (tertiary/aromatic N) is 5. The van der Waals surface area contributed by atoms with E-state index in [9.17, 15) is 25.0 Å². The van der Waals surface area contributed by atoms with Crippen LogP contribution in [0.15, 0.2) is 36.4 Å². The van der Waals surface area contributed by atoms with Crippen molar-refractivity contribution in [3.05, 3.63) is 67.2 Å². The highest BCUT2D eigenvalue weighted by atomic mass is 35.5. The summed E-state index contributed by atoms with van der Waals surface area (Å²) in [5.74, 6) is -0.799. The number of halogens is 1. The number of hydrogen-bond acceptors (Lipinski definition) is 7. The zero-order valence-electron chi connectivity index (χ0n) is 11.6. The summed E-state index contributed by atoms with van der Waals surface area (Å²) in [4.78, 5) is 32.8. The molecule has 1 aromatic heterocycles. The second kappa shape index (κ2) is 5.66. The van der Waals surface area contributed by atoms with E-state index >= 15 is 0 Å². The van der Waals surface area contributed by atoms with Crippen molar-refractivity contribution in [2.75, 3.05) is 0 Å². The van der Waals surface area contributed by atoms with Gasteiger partial charge in [0.1, 0.15) is 5.52 Å². The van der Waals surface area contributed by atoms with Crippen LogP contribution in [0.4, 0.5) is 11.4 Å². The maximum Gasteiger partial charge on any atom is 0.295 e. The molecule has 0 aliphatic rings. The lowest BCUT2D eigenvalue weighted by Crippen LogP contribution is -2.14. The molecule has 0 spiro atoms. The van der Waals surface area contributed by atoms with E-state index in [0.29, 0.717) is 11.0 Å². The summed E-state index contributed by atoms with van der Waals surface area (Å²) in [6.45, 7) is 0. The van der Waals surface area contributed by atoms with Crippen LogP contribution in [0.1, 0.15) is 10.4 Å². The number of nitro benzene ring substituents is 2. The van der Waals surface area contributed by atoms with Crippen LogP contribution in [0.2, 0.25) is 5.02 Å². The van der Waals surface area contributed by atoms with Gasteiger partial charge in [0.25, 0.3) is 17.3 Å². The first-order valence-corrected chi connectivity index (χ1v) is 6.75. The molecule has 0 saturated carbocycles. The van der Waals surface area contributed by atoms with E-state index in [2.05, 4.69) is 10.3 Å². The van der Waals surface area contributed by atoms with Crippen LogP contribution in [0.25, 0.3) is 11.0 Å². The SMILES string of the molecule is O=C(c1cc([N+](=O)[O-])c(Cl)c([N+](=O)[O-])c1)n1nnc2ccccc21. The van der Waals surface area contributed by atoms with Crippen molar-refractivity contribution in [3.63, 3.8) is 0 Å². The Hall–Kier alpha value is -3.40. The van der Waals surface area contributed by atoms with Crippen molar-refractivity contribution in [3.8, 4) is 0 Å². The van der Waals surface area contributed by atoms with Gasteiger partial charge in [-0.25, -0.2) is 0 Å². The lowest BCUT2D eigenvalue weighted by atomic mass is 10.1. The average molecular weight is 348 g/mol.